The minimum atomic E-state index is 0.554. The number of ether oxygens (including phenoxy) is 1. The monoisotopic (exact) mass is 228 g/mol. The number of nitrogens with zero attached hydrogens (tertiary/aromatic N) is 1. The van der Waals surface area contributed by atoms with E-state index in [1.807, 2.05) is 0 Å². The fourth-order valence-corrected chi connectivity index (χ4v) is 1.67. The molecule has 0 aliphatic heterocycles. The summed E-state index contributed by atoms with van der Waals surface area (Å²) in [4.78, 5) is 7.55. The molecular weight excluding hydrogens is 212 g/mol. The molecule has 1 aromatic rings. The van der Waals surface area contributed by atoms with Gasteiger partial charge in [-0.1, -0.05) is 24.9 Å². The number of unbranched alkanes of at least 4 members (excludes halogenated alkanes) is 1. The van der Waals surface area contributed by atoms with E-state index in [0.717, 1.165) is 31.0 Å². The Labute approximate surface area is 95.2 Å². The molecule has 1 aromatic heterocycles. The van der Waals surface area contributed by atoms with Crippen LogP contribution in [0.1, 0.15) is 50.0 Å². The number of H-pyrrole nitrogens is 1. The van der Waals surface area contributed by atoms with Gasteiger partial charge < -0.3 is 9.72 Å². The molecule has 0 atom stereocenters. The quantitative estimate of drug-likeness (QED) is 0.759. The van der Waals surface area contributed by atoms with Crippen LogP contribution in [0.5, 0.6) is 0 Å². The predicted octanol–water partition coefficient (Wildman–Crippen LogP) is 3.26. The predicted molar refractivity (Wildman–Crippen MR) is 60.1 cm³/mol. The summed E-state index contributed by atoms with van der Waals surface area (Å²) in [7, 11) is 0. The van der Waals surface area contributed by atoms with E-state index in [1.165, 1.54) is 12.8 Å². The molecule has 4 heteroatoms. The van der Waals surface area contributed by atoms with Crippen LogP contribution in [0, 0.1) is 0 Å². The van der Waals surface area contributed by atoms with Crippen molar-refractivity contribution in [1.29, 1.82) is 0 Å². The second-order valence-corrected chi connectivity index (χ2v) is 4.43. The van der Waals surface area contributed by atoms with Crippen molar-refractivity contribution in [1.82, 2.24) is 9.97 Å². The first-order valence-corrected chi connectivity index (χ1v) is 6.01. The summed E-state index contributed by atoms with van der Waals surface area (Å²) in [6, 6.07) is 0. The van der Waals surface area contributed by atoms with Gasteiger partial charge in [-0.2, -0.15) is 0 Å². The van der Waals surface area contributed by atoms with Crippen molar-refractivity contribution in [2.75, 3.05) is 6.61 Å². The number of halogens is 1. The molecule has 1 N–H and O–H groups in total. The third kappa shape index (κ3) is 2.95. The number of nitrogens with one attached hydrogen (secondary N) is 1. The molecule has 0 amide bonds. The highest BCUT2D eigenvalue weighted by Gasteiger charge is 2.27. The van der Waals surface area contributed by atoms with Crippen molar-refractivity contribution in [2.45, 2.75) is 45.1 Å². The van der Waals surface area contributed by atoms with Gasteiger partial charge in [0.15, 0.2) is 5.15 Å². The Morgan fingerprint density at radius 1 is 1.53 bits per heavy atom. The van der Waals surface area contributed by atoms with E-state index in [9.17, 15) is 0 Å². The van der Waals surface area contributed by atoms with Gasteiger partial charge in [0.05, 0.1) is 12.3 Å². The number of aromatic nitrogens is 2. The largest absolute Gasteiger partial charge is 0.375 e. The van der Waals surface area contributed by atoms with E-state index in [2.05, 4.69) is 16.9 Å². The normalized spacial score (nSPS) is 15.9. The molecule has 1 fully saturated rings. The van der Waals surface area contributed by atoms with Gasteiger partial charge in [-0.05, 0) is 19.3 Å². The fourth-order valence-electron chi connectivity index (χ4n) is 1.47. The van der Waals surface area contributed by atoms with Crippen molar-refractivity contribution >= 4 is 11.6 Å². The third-order valence-electron chi connectivity index (χ3n) is 2.60. The van der Waals surface area contributed by atoms with E-state index in [4.69, 9.17) is 16.3 Å². The van der Waals surface area contributed by atoms with Gasteiger partial charge in [0.25, 0.3) is 0 Å². The molecule has 1 aliphatic rings. The summed E-state index contributed by atoms with van der Waals surface area (Å²) in [6.07, 6.45) is 4.73. The topological polar surface area (TPSA) is 37.9 Å². The molecule has 0 unspecified atom stereocenters. The lowest BCUT2D eigenvalue weighted by Crippen LogP contribution is -1.96. The SMILES string of the molecule is CCCCOCc1[nH]c(C2CC2)nc1Cl. The van der Waals surface area contributed by atoms with E-state index >= 15 is 0 Å². The highest BCUT2D eigenvalue weighted by molar-refractivity contribution is 6.30. The zero-order valence-corrected chi connectivity index (χ0v) is 9.81. The Kier molecular flexibility index (Phi) is 3.65. The van der Waals surface area contributed by atoms with Gasteiger partial charge in [-0.25, -0.2) is 4.98 Å². The van der Waals surface area contributed by atoms with E-state index < -0.39 is 0 Å². The Hall–Kier alpha value is -0.540. The molecule has 1 heterocycles. The molecule has 0 saturated heterocycles. The Balaban J connectivity index is 1.84. The van der Waals surface area contributed by atoms with Gasteiger partial charge in [0, 0.05) is 12.5 Å². The summed E-state index contributed by atoms with van der Waals surface area (Å²) in [5, 5.41) is 0.577. The van der Waals surface area contributed by atoms with Crippen LogP contribution in [0.4, 0.5) is 0 Å². The van der Waals surface area contributed by atoms with E-state index in [-0.39, 0.29) is 0 Å². The molecule has 0 spiro atoms. The summed E-state index contributed by atoms with van der Waals surface area (Å²) >= 11 is 6.01. The van der Waals surface area contributed by atoms with Crippen LogP contribution in [-0.4, -0.2) is 16.6 Å². The van der Waals surface area contributed by atoms with Crippen LogP contribution in [0.15, 0.2) is 0 Å². The Morgan fingerprint density at radius 3 is 3.00 bits per heavy atom. The van der Waals surface area contributed by atoms with Crippen LogP contribution in [0.25, 0.3) is 0 Å². The molecule has 2 rings (SSSR count). The van der Waals surface area contributed by atoms with Crippen LogP contribution < -0.4 is 0 Å². The van der Waals surface area contributed by atoms with Gasteiger partial charge in [0.2, 0.25) is 0 Å². The first kappa shape index (κ1) is 11.0. The van der Waals surface area contributed by atoms with Crippen molar-refractivity contribution in [3.8, 4) is 0 Å². The number of imidazole rings is 1. The second-order valence-electron chi connectivity index (χ2n) is 4.07. The molecule has 0 radical (unpaired) electrons. The average Bonchev–Trinajstić information content (AvgIpc) is 3.00. The zero-order chi connectivity index (χ0) is 10.7. The zero-order valence-electron chi connectivity index (χ0n) is 9.05. The summed E-state index contributed by atoms with van der Waals surface area (Å²) < 4.78 is 5.50. The summed E-state index contributed by atoms with van der Waals surface area (Å²) in [5.74, 6) is 1.65. The molecule has 0 aromatic carbocycles. The third-order valence-corrected chi connectivity index (χ3v) is 2.91. The van der Waals surface area contributed by atoms with Crippen LogP contribution >= 0.6 is 11.6 Å². The highest BCUT2D eigenvalue weighted by Crippen LogP contribution is 2.39. The second kappa shape index (κ2) is 4.99. The molecule has 1 aliphatic carbocycles. The van der Waals surface area contributed by atoms with Crippen molar-refractivity contribution < 1.29 is 4.74 Å². The van der Waals surface area contributed by atoms with E-state index in [1.54, 1.807) is 0 Å². The van der Waals surface area contributed by atoms with Crippen LogP contribution in [0.3, 0.4) is 0 Å². The maximum Gasteiger partial charge on any atom is 0.152 e. The number of aromatic amines is 1. The summed E-state index contributed by atoms with van der Waals surface area (Å²) in [6.45, 7) is 3.50. The Morgan fingerprint density at radius 2 is 2.33 bits per heavy atom. The lowest BCUT2D eigenvalue weighted by molar-refractivity contribution is 0.116. The van der Waals surface area contributed by atoms with Crippen molar-refractivity contribution in [3.63, 3.8) is 0 Å². The minimum absolute atomic E-state index is 0.554. The standard InChI is InChI=1S/C11H17ClN2O/c1-2-3-6-15-7-9-10(12)14-11(13-9)8-4-5-8/h8H,2-7H2,1H3,(H,13,14). The first-order valence-electron chi connectivity index (χ1n) is 5.63. The average molecular weight is 229 g/mol. The summed E-state index contributed by atoms with van der Waals surface area (Å²) in [5.41, 5.74) is 0.926. The molecule has 84 valence electrons. The van der Waals surface area contributed by atoms with Crippen LogP contribution in [-0.2, 0) is 11.3 Å². The number of hydrogen-bond donors (Lipinski definition) is 1. The smallest absolute Gasteiger partial charge is 0.152 e. The lowest BCUT2D eigenvalue weighted by Gasteiger charge is -2.00. The Bertz CT molecular complexity index is 320. The molecule has 3 nitrogen and oxygen atoms in total. The first-order chi connectivity index (χ1) is 7.31. The number of hydrogen-bond acceptors (Lipinski definition) is 2. The minimum Gasteiger partial charge on any atom is -0.375 e. The van der Waals surface area contributed by atoms with Gasteiger partial charge in [-0.3, -0.25) is 0 Å². The van der Waals surface area contributed by atoms with E-state index in [0.29, 0.717) is 17.7 Å². The van der Waals surface area contributed by atoms with Gasteiger partial charge in [0.1, 0.15) is 5.82 Å². The maximum absolute atomic E-state index is 6.01. The van der Waals surface area contributed by atoms with Gasteiger partial charge in [-0.15, -0.1) is 0 Å². The highest BCUT2D eigenvalue weighted by atomic mass is 35.5. The van der Waals surface area contributed by atoms with Crippen LogP contribution in [0.2, 0.25) is 5.15 Å². The number of rotatable bonds is 6. The maximum atomic E-state index is 6.01. The fraction of sp³-hybridized carbons (Fsp3) is 0.727. The molecule has 0 bridgehead atoms. The van der Waals surface area contributed by atoms with Gasteiger partial charge >= 0.3 is 0 Å². The van der Waals surface area contributed by atoms with Crippen molar-refractivity contribution in [3.05, 3.63) is 16.7 Å². The molecule has 15 heavy (non-hydrogen) atoms. The van der Waals surface area contributed by atoms with Crippen molar-refractivity contribution in [2.24, 2.45) is 0 Å². The molecule has 1 saturated carbocycles. The molecular formula is C11H17ClN2O. The lowest BCUT2D eigenvalue weighted by atomic mass is 10.4.